The minimum absolute atomic E-state index is 0. The molecule has 0 spiro atoms. The van der Waals surface area contributed by atoms with Crippen molar-refractivity contribution in [3.63, 3.8) is 0 Å². The van der Waals surface area contributed by atoms with E-state index < -0.39 is 0 Å². The van der Waals surface area contributed by atoms with E-state index >= 15 is 0 Å². The Bertz CT molecular complexity index is 86.5. The van der Waals surface area contributed by atoms with Gasteiger partial charge in [-0.15, -0.1) is 12.4 Å². The van der Waals surface area contributed by atoms with Crippen molar-refractivity contribution in [2.24, 2.45) is 0 Å². The molecule has 1 saturated heterocycles. The van der Waals surface area contributed by atoms with Crippen molar-refractivity contribution in [1.82, 2.24) is 5.32 Å². The number of methoxy groups -OCH3 is 1. The molecule has 4 heteroatoms. The molecule has 0 radical (unpaired) electrons. The predicted molar refractivity (Wildman–Crippen MR) is 46.4 cm³/mol. The summed E-state index contributed by atoms with van der Waals surface area (Å²) in [5.74, 6) is 0. The average Bonchev–Trinajstić information content (AvgIpc) is 2.03. The molecule has 0 aromatic heterocycles. The number of hydrogen-bond acceptors (Lipinski definition) is 3. The quantitative estimate of drug-likeness (QED) is 0.685. The molecule has 11 heavy (non-hydrogen) atoms. The fraction of sp³-hybridized carbons (Fsp3) is 1.00. The lowest BCUT2D eigenvalue weighted by atomic mass is 10.2. The van der Waals surface area contributed by atoms with Gasteiger partial charge < -0.3 is 14.8 Å². The number of morpholine rings is 1. The molecular formula is C7H16ClNO2. The first-order valence-electron chi connectivity index (χ1n) is 3.73. The highest BCUT2D eigenvalue weighted by molar-refractivity contribution is 5.85. The first-order valence-corrected chi connectivity index (χ1v) is 3.73. The van der Waals surface area contributed by atoms with Gasteiger partial charge in [0.2, 0.25) is 0 Å². The van der Waals surface area contributed by atoms with Crippen LogP contribution in [-0.2, 0) is 9.47 Å². The van der Waals surface area contributed by atoms with Crippen LogP contribution in [0.15, 0.2) is 0 Å². The molecule has 1 N–H and O–H groups in total. The lowest BCUT2D eigenvalue weighted by molar-refractivity contribution is 0.0631. The molecule has 1 atom stereocenters. The minimum atomic E-state index is 0. The largest absolute Gasteiger partial charge is 0.385 e. The molecule has 0 aromatic rings. The third kappa shape index (κ3) is 4.58. The van der Waals surface area contributed by atoms with E-state index in [0.717, 1.165) is 32.8 Å². The van der Waals surface area contributed by atoms with Crippen LogP contribution >= 0.6 is 12.4 Å². The van der Waals surface area contributed by atoms with E-state index in [1.165, 1.54) is 0 Å². The summed E-state index contributed by atoms with van der Waals surface area (Å²) in [5.41, 5.74) is 0. The maximum Gasteiger partial charge on any atom is 0.0621 e. The smallest absolute Gasteiger partial charge is 0.0621 e. The number of rotatable bonds is 3. The second kappa shape index (κ2) is 6.85. The van der Waals surface area contributed by atoms with Crippen molar-refractivity contribution in [3.8, 4) is 0 Å². The van der Waals surface area contributed by atoms with Gasteiger partial charge in [0.15, 0.2) is 0 Å². The summed E-state index contributed by atoms with van der Waals surface area (Å²) in [4.78, 5) is 0. The normalized spacial score (nSPS) is 24.3. The zero-order valence-electron chi connectivity index (χ0n) is 6.84. The van der Waals surface area contributed by atoms with Gasteiger partial charge in [0, 0.05) is 26.3 Å². The highest BCUT2D eigenvalue weighted by Crippen LogP contribution is 1.97. The molecule has 1 heterocycles. The number of hydrogen-bond donors (Lipinski definition) is 1. The Balaban J connectivity index is 0.000001000. The highest BCUT2D eigenvalue weighted by Gasteiger charge is 2.11. The molecule has 68 valence electrons. The van der Waals surface area contributed by atoms with Gasteiger partial charge in [-0.05, 0) is 6.42 Å². The van der Waals surface area contributed by atoms with Crippen molar-refractivity contribution in [1.29, 1.82) is 0 Å². The summed E-state index contributed by atoms with van der Waals surface area (Å²) in [7, 11) is 1.73. The van der Waals surface area contributed by atoms with Gasteiger partial charge in [-0.25, -0.2) is 0 Å². The van der Waals surface area contributed by atoms with Crippen LogP contribution in [0.3, 0.4) is 0 Å². The van der Waals surface area contributed by atoms with Crippen LogP contribution in [-0.4, -0.2) is 39.5 Å². The van der Waals surface area contributed by atoms with Gasteiger partial charge in [0.1, 0.15) is 0 Å². The van der Waals surface area contributed by atoms with Crippen LogP contribution in [0.2, 0.25) is 0 Å². The molecule has 1 rings (SSSR count). The number of halogens is 1. The molecular weight excluding hydrogens is 166 g/mol. The Hall–Kier alpha value is 0.170. The van der Waals surface area contributed by atoms with Crippen molar-refractivity contribution in [2.75, 3.05) is 33.5 Å². The van der Waals surface area contributed by atoms with Crippen LogP contribution in [0.1, 0.15) is 6.42 Å². The van der Waals surface area contributed by atoms with Gasteiger partial charge in [-0.2, -0.15) is 0 Å². The average molecular weight is 182 g/mol. The van der Waals surface area contributed by atoms with E-state index in [4.69, 9.17) is 9.47 Å². The summed E-state index contributed by atoms with van der Waals surface area (Å²) >= 11 is 0. The van der Waals surface area contributed by atoms with Crippen molar-refractivity contribution >= 4 is 12.4 Å². The molecule has 1 fully saturated rings. The minimum Gasteiger partial charge on any atom is -0.385 e. The van der Waals surface area contributed by atoms with E-state index in [0.29, 0.717) is 6.04 Å². The Morgan fingerprint density at radius 2 is 2.45 bits per heavy atom. The molecule has 3 nitrogen and oxygen atoms in total. The molecule has 1 aliphatic rings. The lowest BCUT2D eigenvalue weighted by Crippen LogP contribution is -2.41. The lowest BCUT2D eigenvalue weighted by Gasteiger charge is -2.23. The third-order valence-electron chi connectivity index (χ3n) is 1.67. The zero-order chi connectivity index (χ0) is 7.23. The van der Waals surface area contributed by atoms with Crippen molar-refractivity contribution in [3.05, 3.63) is 0 Å². The third-order valence-corrected chi connectivity index (χ3v) is 1.67. The van der Waals surface area contributed by atoms with E-state index in [1.807, 2.05) is 0 Å². The maximum atomic E-state index is 5.26. The monoisotopic (exact) mass is 181 g/mol. The predicted octanol–water partition coefficient (Wildman–Crippen LogP) is 0.433. The van der Waals surface area contributed by atoms with Crippen LogP contribution in [0, 0.1) is 0 Å². The SMILES string of the molecule is COCC[C@H]1COCCN1.Cl. The van der Waals surface area contributed by atoms with E-state index in [-0.39, 0.29) is 12.4 Å². The number of ether oxygens (including phenoxy) is 2. The fourth-order valence-corrected chi connectivity index (χ4v) is 1.07. The van der Waals surface area contributed by atoms with E-state index in [2.05, 4.69) is 5.32 Å². The van der Waals surface area contributed by atoms with Crippen LogP contribution in [0.25, 0.3) is 0 Å². The summed E-state index contributed by atoms with van der Waals surface area (Å²) in [5, 5.41) is 3.35. The summed E-state index contributed by atoms with van der Waals surface area (Å²) in [6.45, 7) is 3.49. The van der Waals surface area contributed by atoms with Crippen LogP contribution in [0.5, 0.6) is 0 Å². The molecule has 0 bridgehead atoms. The molecule has 1 aliphatic heterocycles. The van der Waals surface area contributed by atoms with Gasteiger partial charge in [-0.3, -0.25) is 0 Å². The number of nitrogens with one attached hydrogen (secondary N) is 1. The molecule has 0 amide bonds. The second-order valence-corrected chi connectivity index (χ2v) is 2.51. The van der Waals surface area contributed by atoms with Gasteiger partial charge in [0.05, 0.1) is 13.2 Å². The van der Waals surface area contributed by atoms with Gasteiger partial charge >= 0.3 is 0 Å². The summed E-state index contributed by atoms with van der Waals surface area (Å²) < 4.78 is 10.2. The molecule has 0 unspecified atom stereocenters. The first-order chi connectivity index (χ1) is 4.93. The highest BCUT2D eigenvalue weighted by atomic mass is 35.5. The Labute approximate surface area is 73.9 Å². The zero-order valence-corrected chi connectivity index (χ0v) is 7.65. The molecule has 0 saturated carbocycles. The maximum absolute atomic E-state index is 5.26. The second-order valence-electron chi connectivity index (χ2n) is 2.51. The van der Waals surface area contributed by atoms with Crippen LogP contribution < -0.4 is 5.32 Å². The topological polar surface area (TPSA) is 30.5 Å². The molecule has 0 aliphatic carbocycles. The standard InChI is InChI=1S/C7H15NO2.ClH/c1-9-4-2-7-6-10-5-3-8-7;/h7-8H,2-6H2,1H3;1H/t7-;/m0./s1. The van der Waals surface area contributed by atoms with E-state index in [9.17, 15) is 0 Å². The van der Waals surface area contributed by atoms with Gasteiger partial charge in [-0.1, -0.05) is 0 Å². The Kier molecular flexibility index (Phi) is 6.96. The fourth-order valence-electron chi connectivity index (χ4n) is 1.07. The van der Waals surface area contributed by atoms with Crippen LogP contribution in [0.4, 0.5) is 0 Å². The summed E-state index contributed by atoms with van der Waals surface area (Å²) in [6, 6.07) is 0.508. The first kappa shape index (κ1) is 11.2. The van der Waals surface area contributed by atoms with Crippen molar-refractivity contribution < 1.29 is 9.47 Å². The summed E-state index contributed by atoms with van der Waals surface area (Å²) in [6.07, 6.45) is 1.05. The molecule has 0 aromatic carbocycles. The van der Waals surface area contributed by atoms with E-state index in [1.54, 1.807) is 7.11 Å². The van der Waals surface area contributed by atoms with Crippen molar-refractivity contribution in [2.45, 2.75) is 12.5 Å². The Morgan fingerprint density at radius 3 is 3.00 bits per heavy atom. The van der Waals surface area contributed by atoms with Gasteiger partial charge in [0.25, 0.3) is 0 Å². The Morgan fingerprint density at radius 1 is 1.64 bits per heavy atom.